The van der Waals surface area contributed by atoms with Crippen LogP contribution in [-0.2, 0) is 4.43 Å². The molecule has 1 N–H and O–H groups in total. The zero-order valence-corrected chi connectivity index (χ0v) is 11.1. The van der Waals surface area contributed by atoms with E-state index in [0.29, 0.717) is 9.76 Å². The summed E-state index contributed by atoms with van der Waals surface area (Å²) in [5.74, 6) is 7.23. The van der Waals surface area contributed by atoms with Gasteiger partial charge in [-0.2, -0.15) is 0 Å². The fourth-order valence-electron chi connectivity index (χ4n) is 1.74. The van der Waals surface area contributed by atoms with Crippen molar-refractivity contribution in [3.8, 4) is 11.8 Å². The van der Waals surface area contributed by atoms with Gasteiger partial charge in [-0.25, -0.2) is 0 Å². The summed E-state index contributed by atoms with van der Waals surface area (Å²) in [5.41, 5.74) is 0. The van der Waals surface area contributed by atoms with Crippen LogP contribution in [-0.4, -0.2) is 27.6 Å². The Bertz CT molecular complexity index is 275. The van der Waals surface area contributed by atoms with Crippen molar-refractivity contribution in [1.29, 1.82) is 0 Å². The molecule has 1 fully saturated rings. The molecule has 0 saturated heterocycles. The molecule has 2 nitrogen and oxygen atoms in total. The third-order valence-electron chi connectivity index (χ3n) is 2.74. The van der Waals surface area contributed by atoms with Gasteiger partial charge in [0.25, 0.3) is 0 Å². The van der Waals surface area contributed by atoms with Gasteiger partial charge >= 0.3 is 0 Å². The first-order valence-corrected chi connectivity index (χ1v) is 7.27. The summed E-state index contributed by atoms with van der Waals surface area (Å²) in [6, 6.07) is 0. The fraction of sp³-hybridized carbons (Fsp3) is 0.692. The van der Waals surface area contributed by atoms with Crippen molar-refractivity contribution in [2.45, 2.75) is 38.8 Å². The van der Waals surface area contributed by atoms with Gasteiger partial charge in [-0.15, -0.1) is 0 Å². The van der Waals surface area contributed by atoms with Gasteiger partial charge in [0.05, 0.1) is 0 Å². The first-order valence-electron chi connectivity index (χ1n) is 5.86. The average Bonchev–Trinajstić information content (AvgIpc) is 2.96. The molecule has 2 radical (unpaired) electrons. The first-order chi connectivity index (χ1) is 7.74. The van der Waals surface area contributed by atoms with E-state index < -0.39 is 6.10 Å². The number of rotatable bonds is 6. The Morgan fingerprint density at radius 2 is 2.38 bits per heavy atom. The van der Waals surface area contributed by atoms with Gasteiger partial charge in [0.1, 0.15) is 6.10 Å². The number of aliphatic hydroxyl groups excluding tert-OH is 1. The minimum Gasteiger partial charge on any atom is -0.418 e. The van der Waals surface area contributed by atoms with Gasteiger partial charge in [0.2, 0.25) is 9.76 Å². The number of aliphatic hydroxyl groups is 1. The minimum atomic E-state index is -0.523. The molecule has 3 atom stereocenters. The Morgan fingerprint density at radius 1 is 1.56 bits per heavy atom. The molecule has 1 aliphatic carbocycles. The summed E-state index contributed by atoms with van der Waals surface area (Å²) in [6.07, 6.45) is 7.11. The summed E-state index contributed by atoms with van der Waals surface area (Å²) in [7, 11) is 0.620. The van der Waals surface area contributed by atoms with Crippen LogP contribution < -0.4 is 0 Å². The van der Waals surface area contributed by atoms with Crippen LogP contribution >= 0.6 is 0 Å². The standard InChI is InChI=1S/C13H20O2Si/c1-11(14)6-4-3-5-7-12-10-13(12)8-9-15-16-2/h3,5,11-14H,7-10H2,1-2H3/b5-3+. The van der Waals surface area contributed by atoms with E-state index in [4.69, 9.17) is 9.53 Å². The van der Waals surface area contributed by atoms with Crippen LogP contribution in [0.3, 0.4) is 0 Å². The van der Waals surface area contributed by atoms with E-state index >= 15 is 0 Å². The quantitative estimate of drug-likeness (QED) is 0.434. The summed E-state index contributed by atoms with van der Waals surface area (Å²) >= 11 is 0. The van der Waals surface area contributed by atoms with E-state index in [-0.39, 0.29) is 0 Å². The molecule has 1 aliphatic rings. The molecular weight excluding hydrogens is 216 g/mol. The van der Waals surface area contributed by atoms with E-state index in [1.807, 2.05) is 6.08 Å². The maximum atomic E-state index is 8.92. The Kier molecular flexibility index (Phi) is 6.47. The lowest BCUT2D eigenvalue weighted by atomic mass is 10.2. The van der Waals surface area contributed by atoms with Crippen molar-refractivity contribution in [3.05, 3.63) is 12.2 Å². The molecule has 3 unspecified atom stereocenters. The van der Waals surface area contributed by atoms with Crippen LogP contribution in [0.2, 0.25) is 6.55 Å². The van der Waals surface area contributed by atoms with Gasteiger partial charge < -0.3 is 9.53 Å². The second-order valence-electron chi connectivity index (χ2n) is 4.20. The van der Waals surface area contributed by atoms with Crippen molar-refractivity contribution in [1.82, 2.24) is 0 Å². The first kappa shape index (κ1) is 13.5. The monoisotopic (exact) mass is 236 g/mol. The molecule has 0 aromatic carbocycles. The molecule has 0 aromatic rings. The Hall–Kier alpha value is -0.563. The lowest BCUT2D eigenvalue weighted by Crippen LogP contribution is -1.97. The van der Waals surface area contributed by atoms with Crippen molar-refractivity contribution in [2.24, 2.45) is 11.8 Å². The highest BCUT2D eigenvalue weighted by Gasteiger charge is 2.34. The minimum absolute atomic E-state index is 0.523. The molecular formula is C13H20O2Si. The Labute approximate surface area is 101 Å². The van der Waals surface area contributed by atoms with Crippen molar-refractivity contribution >= 4 is 9.76 Å². The predicted octanol–water partition coefficient (Wildman–Crippen LogP) is 2.03. The average molecular weight is 236 g/mol. The smallest absolute Gasteiger partial charge is 0.226 e. The van der Waals surface area contributed by atoms with Crippen molar-refractivity contribution in [2.75, 3.05) is 6.61 Å². The largest absolute Gasteiger partial charge is 0.418 e. The maximum absolute atomic E-state index is 8.92. The third kappa shape index (κ3) is 6.11. The molecule has 0 spiro atoms. The number of hydrogen-bond donors (Lipinski definition) is 1. The predicted molar refractivity (Wildman–Crippen MR) is 67.0 cm³/mol. The van der Waals surface area contributed by atoms with E-state index in [1.165, 1.54) is 12.8 Å². The maximum Gasteiger partial charge on any atom is 0.226 e. The summed E-state index contributed by atoms with van der Waals surface area (Å²) in [6.45, 7) is 4.65. The molecule has 88 valence electrons. The molecule has 0 aromatic heterocycles. The van der Waals surface area contributed by atoms with Gasteiger partial charge in [-0.3, -0.25) is 0 Å². The van der Waals surface area contributed by atoms with E-state index in [2.05, 4.69) is 24.5 Å². The third-order valence-corrected chi connectivity index (χ3v) is 3.23. The van der Waals surface area contributed by atoms with Crippen LogP contribution in [0.5, 0.6) is 0 Å². The van der Waals surface area contributed by atoms with E-state index in [0.717, 1.165) is 24.9 Å². The number of allylic oxidation sites excluding steroid dienone is 2. The van der Waals surface area contributed by atoms with E-state index in [9.17, 15) is 0 Å². The molecule has 0 aliphatic heterocycles. The Balaban J connectivity index is 2.02. The topological polar surface area (TPSA) is 29.5 Å². The highest BCUT2D eigenvalue weighted by molar-refractivity contribution is 6.24. The lowest BCUT2D eigenvalue weighted by molar-refractivity contribution is 0.253. The number of hydrogen-bond acceptors (Lipinski definition) is 2. The Morgan fingerprint density at radius 3 is 3.06 bits per heavy atom. The van der Waals surface area contributed by atoms with Crippen molar-refractivity contribution in [3.63, 3.8) is 0 Å². The van der Waals surface area contributed by atoms with Crippen LogP contribution in [0.15, 0.2) is 12.2 Å². The summed E-state index contributed by atoms with van der Waals surface area (Å²) in [4.78, 5) is 0. The van der Waals surface area contributed by atoms with Gasteiger partial charge in [-0.1, -0.05) is 17.9 Å². The molecule has 1 rings (SSSR count). The zero-order chi connectivity index (χ0) is 11.8. The molecule has 0 bridgehead atoms. The second-order valence-corrected chi connectivity index (χ2v) is 4.90. The van der Waals surface area contributed by atoms with Crippen molar-refractivity contribution < 1.29 is 9.53 Å². The molecule has 0 heterocycles. The summed E-state index contributed by atoms with van der Waals surface area (Å²) < 4.78 is 5.36. The van der Waals surface area contributed by atoms with Crippen LogP contribution in [0.4, 0.5) is 0 Å². The summed E-state index contributed by atoms with van der Waals surface area (Å²) in [5, 5.41) is 8.92. The molecule has 3 heteroatoms. The highest BCUT2D eigenvalue weighted by Crippen LogP contribution is 2.43. The van der Waals surface area contributed by atoms with Crippen LogP contribution in [0.25, 0.3) is 0 Å². The zero-order valence-electron chi connectivity index (χ0n) is 10.1. The van der Waals surface area contributed by atoms with Gasteiger partial charge in [-0.05, 0) is 50.6 Å². The SMILES string of the molecule is C[Si]OCCC1CC1C/C=C/C#CC(C)O. The highest BCUT2D eigenvalue weighted by atomic mass is 28.2. The lowest BCUT2D eigenvalue weighted by Gasteiger charge is -1.98. The van der Waals surface area contributed by atoms with Crippen LogP contribution in [0, 0.1) is 23.7 Å². The van der Waals surface area contributed by atoms with Crippen LogP contribution in [0.1, 0.15) is 26.2 Å². The second kappa shape index (κ2) is 7.67. The fourth-order valence-corrected chi connectivity index (χ4v) is 2.06. The molecule has 16 heavy (non-hydrogen) atoms. The van der Waals surface area contributed by atoms with Gasteiger partial charge in [0, 0.05) is 6.61 Å². The molecule has 1 saturated carbocycles. The normalized spacial score (nSPS) is 25.2. The van der Waals surface area contributed by atoms with E-state index in [1.54, 1.807) is 6.92 Å². The molecule has 0 amide bonds. The van der Waals surface area contributed by atoms with Gasteiger partial charge in [0.15, 0.2) is 0 Å².